The summed E-state index contributed by atoms with van der Waals surface area (Å²) in [5, 5.41) is 18.1. The van der Waals surface area contributed by atoms with Crippen LogP contribution in [0.1, 0.15) is 31.8 Å². The van der Waals surface area contributed by atoms with Crippen LogP contribution in [0.25, 0.3) is 0 Å². The molecule has 0 spiro atoms. The van der Waals surface area contributed by atoms with Gasteiger partial charge in [-0.1, -0.05) is 17.7 Å². The third kappa shape index (κ3) is 3.54. The van der Waals surface area contributed by atoms with Crippen molar-refractivity contribution >= 4 is 27.6 Å². The molecule has 2 rings (SSSR count). The summed E-state index contributed by atoms with van der Waals surface area (Å²) in [6.45, 7) is 3.61. The summed E-state index contributed by atoms with van der Waals surface area (Å²) in [6.07, 6.45) is 0. The van der Waals surface area contributed by atoms with E-state index in [0.717, 1.165) is 23.8 Å². The van der Waals surface area contributed by atoms with Crippen molar-refractivity contribution in [2.75, 3.05) is 4.72 Å². The fourth-order valence-electron chi connectivity index (χ4n) is 2.19. The van der Waals surface area contributed by atoms with Crippen molar-refractivity contribution in [3.63, 3.8) is 0 Å². The maximum Gasteiger partial charge on any atom is 0.336 e. The van der Waals surface area contributed by atoms with Crippen molar-refractivity contribution < 1.29 is 28.2 Å². The summed E-state index contributed by atoms with van der Waals surface area (Å²) >= 11 is 0. The van der Waals surface area contributed by atoms with Crippen LogP contribution < -0.4 is 4.72 Å². The number of hydrogen-bond acceptors (Lipinski definition) is 4. The molecule has 0 saturated carbocycles. The first-order valence-electron chi connectivity index (χ1n) is 6.82. The van der Waals surface area contributed by atoms with Crippen LogP contribution in [0.2, 0.25) is 0 Å². The van der Waals surface area contributed by atoms with Crippen molar-refractivity contribution in [3.8, 4) is 0 Å². The number of carbonyl (C=O) groups is 2. The average molecular weight is 349 g/mol. The summed E-state index contributed by atoms with van der Waals surface area (Å²) in [7, 11) is -4.05. The van der Waals surface area contributed by atoms with Gasteiger partial charge in [0.25, 0.3) is 10.0 Å². The average Bonchev–Trinajstić information content (AvgIpc) is 2.49. The lowest BCUT2D eigenvalue weighted by Crippen LogP contribution is -2.16. The molecular formula is C16H15NO6S. The van der Waals surface area contributed by atoms with E-state index in [0.29, 0.717) is 11.3 Å². The minimum atomic E-state index is -4.05. The number of benzene rings is 2. The Labute approximate surface area is 138 Å². The highest BCUT2D eigenvalue weighted by molar-refractivity contribution is 7.92. The zero-order chi connectivity index (χ0) is 18.1. The first-order chi connectivity index (χ1) is 11.1. The third-order valence-corrected chi connectivity index (χ3v) is 4.75. The Kier molecular flexibility index (Phi) is 4.61. The fraction of sp³-hybridized carbons (Fsp3) is 0.125. The van der Waals surface area contributed by atoms with Crippen LogP contribution in [0.4, 0.5) is 5.69 Å². The molecule has 0 amide bonds. The molecule has 0 saturated heterocycles. The highest BCUT2D eigenvalue weighted by Gasteiger charge is 2.22. The Morgan fingerprint density at radius 1 is 0.917 bits per heavy atom. The topological polar surface area (TPSA) is 121 Å². The van der Waals surface area contributed by atoms with Gasteiger partial charge in [0.05, 0.1) is 21.7 Å². The van der Waals surface area contributed by atoms with Crippen LogP contribution in [-0.2, 0) is 10.0 Å². The maximum atomic E-state index is 12.4. The van der Waals surface area contributed by atoms with Crippen LogP contribution in [-0.4, -0.2) is 30.6 Å². The first kappa shape index (κ1) is 17.5. The van der Waals surface area contributed by atoms with Crippen LogP contribution in [0, 0.1) is 13.8 Å². The number of carboxylic acid groups (broad SMARTS) is 2. The van der Waals surface area contributed by atoms with Gasteiger partial charge < -0.3 is 10.2 Å². The minimum Gasteiger partial charge on any atom is -0.478 e. The summed E-state index contributed by atoms with van der Waals surface area (Å²) in [6, 6.07) is 7.99. The summed E-state index contributed by atoms with van der Waals surface area (Å²) in [4.78, 5) is 21.9. The molecule has 8 heteroatoms. The number of aromatic carboxylic acids is 2. The molecule has 0 bridgehead atoms. The number of sulfonamides is 1. The van der Waals surface area contributed by atoms with Crippen LogP contribution >= 0.6 is 0 Å². The maximum absolute atomic E-state index is 12.4. The lowest BCUT2D eigenvalue weighted by Gasteiger charge is -2.12. The summed E-state index contributed by atoms with van der Waals surface area (Å²) in [5.41, 5.74) is 0.965. The molecule has 0 radical (unpaired) electrons. The van der Waals surface area contributed by atoms with Gasteiger partial charge in [-0.15, -0.1) is 0 Å². The fourth-order valence-corrected chi connectivity index (χ4v) is 3.34. The number of carboxylic acids is 2. The van der Waals surface area contributed by atoms with Crippen LogP contribution in [0.3, 0.4) is 0 Å². The van der Waals surface area contributed by atoms with E-state index in [-0.39, 0.29) is 4.90 Å². The minimum absolute atomic E-state index is 0.329. The normalized spacial score (nSPS) is 11.1. The van der Waals surface area contributed by atoms with Crippen molar-refractivity contribution in [2.45, 2.75) is 18.7 Å². The van der Waals surface area contributed by atoms with E-state index < -0.39 is 33.1 Å². The van der Waals surface area contributed by atoms with Crippen molar-refractivity contribution in [1.29, 1.82) is 0 Å². The van der Waals surface area contributed by atoms with Crippen molar-refractivity contribution in [3.05, 3.63) is 58.7 Å². The van der Waals surface area contributed by atoms with Gasteiger partial charge in [-0.2, -0.15) is 0 Å². The SMILES string of the molecule is Cc1ccc(NS(=O)(=O)c2ccc(C(=O)O)c(C(=O)O)c2)c(C)c1. The van der Waals surface area contributed by atoms with Gasteiger partial charge in [0.1, 0.15) is 0 Å². The molecule has 0 aliphatic heterocycles. The molecule has 0 atom stereocenters. The predicted molar refractivity (Wildman–Crippen MR) is 87.1 cm³/mol. The Hall–Kier alpha value is -2.87. The molecule has 24 heavy (non-hydrogen) atoms. The monoisotopic (exact) mass is 349 g/mol. The second kappa shape index (κ2) is 6.32. The largest absolute Gasteiger partial charge is 0.478 e. The molecule has 0 aliphatic carbocycles. The Morgan fingerprint density at radius 3 is 2.08 bits per heavy atom. The van der Waals surface area contributed by atoms with E-state index in [1.807, 2.05) is 6.92 Å². The quantitative estimate of drug-likeness (QED) is 0.762. The summed E-state index contributed by atoms with van der Waals surface area (Å²) in [5.74, 6) is -2.96. The lowest BCUT2D eigenvalue weighted by atomic mass is 10.1. The van der Waals surface area contributed by atoms with Crippen molar-refractivity contribution in [1.82, 2.24) is 0 Å². The third-order valence-electron chi connectivity index (χ3n) is 3.39. The van der Waals surface area contributed by atoms with Gasteiger partial charge in [-0.05, 0) is 43.7 Å². The zero-order valence-corrected chi connectivity index (χ0v) is 13.7. The second-order valence-corrected chi connectivity index (χ2v) is 6.92. The Balaban J connectivity index is 2.48. The molecule has 0 aromatic heterocycles. The first-order valence-corrected chi connectivity index (χ1v) is 8.31. The van der Waals surface area contributed by atoms with Crippen LogP contribution in [0.5, 0.6) is 0 Å². The number of hydrogen-bond donors (Lipinski definition) is 3. The molecule has 2 aromatic rings. The molecule has 126 valence electrons. The van der Waals surface area contributed by atoms with Gasteiger partial charge in [0, 0.05) is 0 Å². The lowest BCUT2D eigenvalue weighted by molar-refractivity contribution is 0.0651. The molecule has 0 unspecified atom stereocenters. The van der Waals surface area contributed by atoms with E-state index in [1.165, 1.54) is 0 Å². The van der Waals surface area contributed by atoms with E-state index in [1.54, 1.807) is 25.1 Å². The van der Waals surface area contributed by atoms with Gasteiger partial charge in [-0.25, -0.2) is 18.0 Å². The van der Waals surface area contributed by atoms with E-state index in [9.17, 15) is 18.0 Å². The highest BCUT2D eigenvalue weighted by Crippen LogP contribution is 2.22. The smallest absolute Gasteiger partial charge is 0.336 e. The van der Waals surface area contributed by atoms with Gasteiger partial charge in [0.2, 0.25) is 0 Å². The standard InChI is InChI=1S/C16H15NO6S/c1-9-3-6-14(10(2)7-9)17-24(22,23)11-4-5-12(15(18)19)13(8-11)16(20)21/h3-8,17H,1-2H3,(H,18,19)(H,20,21). The van der Waals surface area contributed by atoms with E-state index in [2.05, 4.69) is 4.72 Å². The molecule has 0 heterocycles. The molecular weight excluding hydrogens is 334 g/mol. The Bertz CT molecular complexity index is 934. The second-order valence-electron chi connectivity index (χ2n) is 5.24. The Morgan fingerprint density at radius 2 is 1.54 bits per heavy atom. The number of nitrogens with one attached hydrogen (secondary N) is 1. The summed E-state index contributed by atoms with van der Waals surface area (Å²) < 4.78 is 27.3. The molecule has 7 nitrogen and oxygen atoms in total. The molecule has 2 aromatic carbocycles. The van der Waals surface area contributed by atoms with Crippen molar-refractivity contribution in [2.24, 2.45) is 0 Å². The molecule has 0 fully saturated rings. The van der Waals surface area contributed by atoms with Gasteiger partial charge >= 0.3 is 11.9 Å². The molecule has 3 N–H and O–H groups in total. The number of anilines is 1. The number of rotatable bonds is 5. The van der Waals surface area contributed by atoms with Gasteiger partial charge in [-0.3, -0.25) is 4.72 Å². The highest BCUT2D eigenvalue weighted by atomic mass is 32.2. The predicted octanol–water partition coefficient (Wildman–Crippen LogP) is 2.50. The zero-order valence-electron chi connectivity index (χ0n) is 12.9. The van der Waals surface area contributed by atoms with E-state index in [4.69, 9.17) is 10.2 Å². The number of aryl methyl sites for hydroxylation is 2. The molecule has 0 aliphatic rings. The van der Waals surface area contributed by atoms with Crippen LogP contribution in [0.15, 0.2) is 41.3 Å². The van der Waals surface area contributed by atoms with Gasteiger partial charge in [0.15, 0.2) is 0 Å². The van der Waals surface area contributed by atoms with E-state index >= 15 is 0 Å².